The van der Waals surface area contributed by atoms with Gasteiger partial charge in [-0.2, -0.15) is 5.10 Å². The molecule has 0 aliphatic carbocycles. The maximum atomic E-state index is 12.2. The monoisotopic (exact) mass is 334 g/mol. The van der Waals surface area contributed by atoms with Crippen molar-refractivity contribution in [3.63, 3.8) is 0 Å². The number of nitrogens with zero attached hydrogens (tertiary/aromatic N) is 1. The number of nitrogens with one attached hydrogen (secondary N) is 1. The van der Waals surface area contributed by atoms with E-state index in [1.165, 1.54) is 24.3 Å². The van der Waals surface area contributed by atoms with E-state index in [0.717, 1.165) is 5.56 Å². The Morgan fingerprint density at radius 3 is 2.33 bits per heavy atom. The predicted molar refractivity (Wildman–Crippen MR) is 81.5 cm³/mol. The highest BCUT2D eigenvalue weighted by atomic mass is 19.4. The maximum absolute atomic E-state index is 12.2. The fourth-order valence-corrected chi connectivity index (χ4v) is 2.16. The van der Waals surface area contributed by atoms with Gasteiger partial charge < -0.3 is 9.47 Å². The predicted octanol–water partition coefficient (Wildman–Crippen LogP) is 4.55. The molecule has 2 aromatic carbocycles. The van der Waals surface area contributed by atoms with Gasteiger partial charge in [-0.05, 0) is 23.3 Å². The first-order valence-corrected chi connectivity index (χ1v) is 7.07. The van der Waals surface area contributed by atoms with Crippen molar-refractivity contribution in [2.45, 2.75) is 13.0 Å². The molecule has 1 N–H and O–H groups in total. The fourth-order valence-electron chi connectivity index (χ4n) is 2.16. The number of hydrogen-bond donors (Lipinski definition) is 1. The van der Waals surface area contributed by atoms with Crippen LogP contribution in [0.3, 0.4) is 0 Å². The van der Waals surface area contributed by atoms with E-state index >= 15 is 0 Å². The van der Waals surface area contributed by atoms with Crippen molar-refractivity contribution in [3.8, 4) is 22.8 Å². The summed E-state index contributed by atoms with van der Waals surface area (Å²) in [5.74, 6) is 0.171. The second-order valence-electron chi connectivity index (χ2n) is 4.96. The number of halogens is 3. The second kappa shape index (κ2) is 6.66. The fraction of sp³-hybridized carbons (Fsp3) is 0.118. The lowest BCUT2D eigenvalue weighted by atomic mass is 10.1. The molecule has 0 saturated carbocycles. The van der Waals surface area contributed by atoms with Crippen LogP contribution in [0.1, 0.15) is 5.56 Å². The summed E-state index contributed by atoms with van der Waals surface area (Å²) in [5.41, 5.74) is 2.32. The summed E-state index contributed by atoms with van der Waals surface area (Å²) in [6.45, 7) is 0.352. The average Bonchev–Trinajstić information content (AvgIpc) is 3.02. The number of ether oxygens (including phenoxy) is 2. The van der Waals surface area contributed by atoms with E-state index in [9.17, 15) is 13.2 Å². The van der Waals surface area contributed by atoms with Gasteiger partial charge in [0, 0.05) is 0 Å². The van der Waals surface area contributed by atoms with E-state index < -0.39 is 6.36 Å². The van der Waals surface area contributed by atoms with Crippen LogP contribution in [0.25, 0.3) is 11.1 Å². The summed E-state index contributed by atoms with van der Waals surface area (Å²) in [7, 11) is 0. The summed E-state index contributed by atoms with van der Waals surface area (Å²) in [6.07, 6.45) is -3.15. The Morgan fingerprint density at radius 1 is 0.958 bits per heavy atom. The van der Waals surface area contributed by atoms with Gasteiger partial charge in [0.15, 0.2) is 0 Å². The summed E-state index contributed by atoms with van der Waals surface area (Å²) < 4.78 is 46.1. The van der Waals surface area contributed by atoms with Crippen molar-refractivity contribution < 1.29 is 22.6 Å². The Balaban J connectivity index is 1.72. The van der Waals surface area contributed by atoms with E-state index in [-0.39, 0.29) is 5.75 Å². The van der Waals surface area contributed by atoms with Crippen LogP contribution in [-0.4, -0.2) is 16.6 Å². The molecule has 0 amide bonds. The van der Waals surface area contributed by atoms with Gasteiger partial charge in [-0.1, -0.05) is 42.5 Å². The molecule has 0 aliphatic rings. The minimum atomic E-state index is -4.71. The van der Waals surface area contributed by atoms with E-state index in [1.54, 1.807) is 6.20 Å². The number of alkyl halides is 3. The zero-order chi connectivity index (χ0) is 17.0. The van der Waals surface area contributed by atoms with Crippen LogP contribution in [0.5, 0.6) is 11.6 Å². The van der Waals surface area contributed by atoms with Crippen LogP contribution in [0.4, 0.5) is 13.2 Å². The highest BCUT2D eigenvalue weighted by Crippen LogP contribution is 2.31. The van der Waals surface area contributed by atoms with Gasteiger partial charge in [-0.3, -0.25) is 0 Å². The molecule has 1 aromatic heterocycles. The van der Waals surface area contributed by atoms with Gasteiger partial charge in [-0.15, -0.1) is 13.2 Å². The molecule has 24 heavy (non-hydrogen) atoms. The Morgan fingerprint density at radius 2 is 1.67 bits per heavy atom. The van der Waals surface area contributed by atoms with Crippen LogP contribution in [0.2, 0.25) is 0 Å². The first kappa shape index (κ1) is 15.9. The second-order valence-corrected chi connectivity index (χ2v) is 4.96. The third kappa shape index (κ3) is 4.07. The quantitative estimate of drug-likeness (QED) is 0.744. The van der Waals surface area contributed by atoms with Crippen LogP contribution in [0.15, 0.2) is 60.8 Å². The molecule has 124 valence electrons. The molecule has 1 heterocycles. The van der Waals surface area contributed by atoms with E-state index in [0.29, 0.717) is 23.6 Å². The lowest BCUT2D eigenvalue weighted by Crippen LogP contribution is -2.16. The first-order valence-electron chi connectivity index (χ1n) is 7.07. The molecule has 3 rings (SSSR count). The van der Waals surface area contributed by atoms with Crippen molar-refractivity contribution in [3.05, 3.63) is 66.4 Å². The Labute approximate surface area is 135 Å². The molecule has 0 saturated heterocycles. The summed E-state index contributed by atoms with van der Waals surface area (Å²) in [5, 5.41) is 6.68. The summed E-state index contributed by atoms with van der Waals surface area (Å²) in [6, 6.07) is 15.1. The van der Waals surface area contributed by atoms with Crippen LogP contribution in [-0.2, 0) is 6.61 Å². The molecule has 0 bridgehead atoms. The normalized spacial score (nSPS) is 11.3. The van der Waals surface area contributed by atoms with E-state index in [2.05, 4.69) is 14.9 Å². The Bertz CT molecular complexity index is 784. The van der Waals surface area contributed by atoms with Crippen molar-refractivity contribution in [2.75, 3.05) is 0 Å². The third-order valence-corrected chi connectivity index (χ3v) is 3.23. The minimum absolute atomic E-state index is 0.276. The molecule has 0 aliphatic heterocycles. The molecule has 0 spiro atoms. The average molecular weight is 334 g/mol. The molecule has 0 atom stereocenters. The van der Waals surface area contributed by atoms with Crippen molar-refractivity contribution in [1.29, 1.82) is 0 Å². The highest BCUT2D eigenvalue weighted by Gasteiger charge is 2.31. The molecule has 7 heteroatoms. The standard InChI is InChI=1S/C17H13F3N2O2/c18-17(19,20)24-14-8-6-13(7-9-14)15-10-21-22-16(15)23-11-12-4-2-1-3-5-12/h1-10H,11H2,(H,21,22). The molecule has 0 unspecified atom stereocenters. The molecule has 0 radical (unpaired) electrons. The third-order valence-electron chi connectivity index (χ3n) is 3.23. The number of H-pyrrole nitrogens is 1. The number of aromatic amines is 1. The zero-order valence-electron chi connectivity index (χ0n) is 12.4. The van der Waals surface area contributed by atoms with Crippen LogP contribution < -0.4 is 9.47 Å². The summed E-state index contributed by atoms with van der Waals surface area (Å²) in [4.78, 5) is 0. The molecule has 4 nitrogen and oxygen atoms in total. The maximum Gasteiger partial charge on any atom is 0.573 e. The minimum Gasteiger partial charge on any atom is -0.473 e. The van der Waals surface area contributed by atoms with Crippen molar-refractivity contribution >= 4 is 0 Å². The largest absolute Gasteiger partial charge is 0.573 e. The number of benzene rings is 2. The van der Waals surface area contributed by atoms with Gasteiger partial charge in [-0.25, -0.2) is 5.10 Å². The van der Waals surface area contributed by atoms with E-state index in [1.807, 2.05) is 30.3 Å². The van der Waals surface area contributed by atoms with Gasteiger partial charge in [0.2, 0.25) is 5.88 Å². The first-order chi connectivity index (χ1) is 11.5. The lowest BCUT2D eigenvalue weighted by Gasteiger charge is -2.10. The van der Waals surface area contributed by atoms with Gasteiger partial charge in [0.1, 0.15) is 12.4 Å². The summed E-state index contributed by atoms with van der Waals surface area (Å²) >= 11 is 0. The Kier molecular flexibility index (Phi) is 4.41. The Hall–Kier alpha value is -2.96. The number of aromatic nitrogens is 2. The van der Waals surface area contributed by atoms with E-state index in [4.69, 9.17) is 4.74 Å². The smallest absolute Gasteiger partial charge is 0.473 e. The van der Waals surface area contributed by atoms with Gasteiger partial charge in [0.25, 0.3) is 0 Å². The topological polar surface area (TPSA) is 47.1 Å². The number of rotatable bonds is 5. The lowest BCUT2D eigenvalue weighted by molar-refractivity contribution is -0.274. The molecule has 0 fully saturated rings. The SMILES string of the molecule is FC(F)(F)Oc1ccc(-c2cn[nH]c2OCc2ccccc2)cc1. The highest BCUT2D eigenvalue weighted by molar-refractivity contribution is 5.68. The van der Waals surface area contributed by atoms with Gasteiger partial charge >= 0.3 is 6.36 Å². The van der Waals surface area contributed by atoms with Crippen LogP contribution >= 0.6 is 0 Å². The van der Waals surface area contributed by atoms with Crippen molar-refractivity contribution in [2.24, 2.45) is 0 Å². The van der Waals surface area contributed by atoms with Crippen LogP contribution in [0, 0.1) is 0 Å². The van der Waals surface area contributed by atoms with Gasteiger partial charge in [0.05, 0.1) is 11.8 Å². The van der Waals surface area contributed by atoms with Crippen molar-refractivity contribution in [1.82, 2.24) is 10.2 Å². The molecular formula is C17H13F3N2O2. The molecular weight excluding hydrogens is 321 g/mol. The molecule has 3 aromatic rings. The number of hydrogen-bond acceptors (Lipinski definition) is 3. The zero-order valence-corrected chi connectivity index (χ0v) is 12.4.